The van der Waals surface area contributed by atoms with Crippen molar-refractivity contribution in [3.8, 4) is 0 Å². The molecule has 0 atom stereocenters. The Bertz CT molecular complexity index is 1160. The highest BCUT2D eigenvalue weighted by atomic mass is 127. The Morgan fingerprint density at radius 1 is 1.06 bits per heavy atom. The molecule has 0 unspecified atom stereocenters. The van der Waals surface area contributed by atoms with Gasteiger partial charge in [-0.3, -0.25) is 9.59 Å². The monoisotopic (exact) mass is 586 g/mol. The van der Waals surface area contributed by atoms with Gasteiger partial charge in [-0.05, 0) is 66.8 Å². The fourth-order valence-corrected chi connectivity index (χ4v) is 5.16. The van der Waals surface area contributed by atoms with Gasteiger partial charge in [-0.15, -0.1) is 0 Å². The minimum atomic E-state index is -4.82. The molecule has 0 saturated carbocycles. The second kappa shape index (κ2) is 9.33. The molecule has 32 heavy (non-hydrogen) atoms. The van der Waals surface area contributed by atoms with Crippen molar-refractivity contribution in [2.75, 3.05) is 17.3 Å². The summed E-state index contributed by atoms with van der Waals surface area (Å²) in [7, 11) is -3.43. The summed E-state index contributed by atoms with van der Waals surface area (Å²) in [5.41, 5.74) is -3.16. The van der Waals surface area contributed by atoms with Gasteiger partial charge in [0.2, 0.25) is 0 Å². The van der Waals surface area contributed by atoms with Crippen LogP contribution in [0.5, 0.6) is 0 Å². The topological polar surface area (TPSA) is 92.3 Å². The zero-order valence-corrected chi connectivity index (χ0v) is 20.1. The number of alkyl halides is 3. The molecule has 0 bridgehead atoms. The van der Waals surface area contributed by atoms with E-state index in [1.165, 1.54) is 32.0 Å². The van der Waals surface area contributed by atoms with Gasteiger partial charge in [-0.25, -0.2) is 12.8 Å². The van der Waals surface area contributed by atoms with Gasteiger partial charge in [0.05, 0.1) is 22.4 Å². The van der Waals surface area contributed by atoms with E-state index in [9.17, 15) is 35.6 Å². The molecule has 0 saturated heterocycles. The standard InChI is InChI=1S/C20H19F4IN2O4S/c1-19(2,10-32(3,30)31)27-18(29)16-14(5-4-6-15(16)25)17(28)26-13-8-11(20(22,23)24)7-12(21)9-13/h4-9H,10H2,1-3H3,(H,26,28)(H,27,29). The molecular weight excluding hydrogens is 567 g/mol. The van der Waals surface area contributed by atoms with Crippen molar-refractivity contribution in [2.24, 2.45) is 0 Å². The molecule has 2 aromatic rings. The van der Waals surface area contributed by atoms with Crippen LogP contribution in [0.3, 0.4) is 0 Å². The molecule has 0 aliphatic rings. The van der Waals surface area contributed by atoms with Crippen LogP contribution < -0.4 is 10.6 Å². The summed E-state index contributed by atoms with van der Waals surface area (Å²) >= 11 is 1.80. The van der Waals surface area contributed by atoms with E-state index in [1.807, 2.05) is 0 Å². The minimum Gasteiger partial charge on any atom is -0.346 e. The van der Waals surface area contributed by atoms with Crippen molar-refractivity contribution >= 4 is 49.9 Å². The zero-order valence-electron chi connectivity index (χ0n) is 17.1. The van der Waals surface area contributed by atoms with Gasteiger partial charge in [0.1, 0.15) is 15.7 Å². The number of halogens is 5. The van der Waals surface area contributed by atoms with E-state index in [2.05, 4.69) is 10.6 Å². The second-order valence-electron chi connectivity index (χ2n) is 7.75. The summed E-state index contributed by atoms with van der Waals surface area (Å²) in [6.45, 7) is 2.99. The SMILES string of the molecule is CC(C)(CS(C)(=O)=O)NC(=O)c1c(I)cccc1C(=O)Nc1cc(F)cc(C(F)(F)F)c1. The van der Waals surface area contributed by atoms with Crippen LogP contribution in [0.1, 0.15) is 40.1 Å². The maximum atomic E-state index is 13.6. The molecule has 2 aromatic carbocycles. The summed E-state index contributed by atoms with van der Waals surface area (Å²) in [6.07, 6.45) is -3.81. The van der Waals surface area contributed by atoms with Crippen LogP contribution in [0.15, 0.2) is 36.4 Å². The van der Waals surface area contributed by atoms with Crippen molar-refractivity contribution in [1.82, 2.24) is 5.32 Å². The summed E-state index contributed by atoms with van der Waals surface area (Å²) in [4.78, 5) is 25.6. The van der Waals surface area contributed by atoms with E-state index in [0.717, 1.165) is 12.3 Å². The molecule has 2 rings (SSSR count). The predicted octanol–water partition coefficient (Wildman–Crippen LogP) is 4.25. The lowest BCUT2D eigenvalue weighted by molar-refractivity contribution is -0.137. The number of nitrogens with one attached hydrogen (secondary N) is 2. The van der Waals surface area contributed by atoms with E-state index >= 15 is 0 Å². The van der Waals surface area contributed by atoms with E-state index in [1.54, 1.807) is 22.6 Å². The zero-order chi connectivity index (χ0) is 24.5. The van der Waals surface area contributed by atoms with E-state index in [4.69, 9.17) is 0 Å². The van der Waals surface area contributed by atoms with Crippen LogP contribution in [0.2, 0.25) is 0 Å². The van der Waals surface area contributed by atoms with Crippen LogP contribution in [0.25, 0.3) is 0 Å². The molecule has 0 heterocycles. The van der Waals surface area contributed by atoms with Crippen molar-refractivity contribution in [2.45, 2.75) is 25.6 Å². The van der Waals surface area contributed by atoms with Crippen LogP contribution in [-0.2, 0) is 16.0 Å². The Morgan fingerprint density at radius 3 is 2.25 bits per heavy atom. The highest BCUT2D eigenvalue weighted by Gasteiger charge is 2.32. The molecule has 0 aliphatic carbocycles. The minimum absolute atomic E-state index is 0.0976. The third-order valence-electron chi connectivity index (χ3n) is 4.04. The molecule has 0 aromatic heterocycles. The molecule has 2 N–H and O–H groups in total. The molecular formula is C20H19F4IN2O4S. The number of hydrogen-bond acceptors (Lipinski definition) is 4. The molecule has 2 amide bonds. The summed E-state index contributed by atoms with van der Waals surface area (Å²) in [5.74, 6) is -3.24. The van der Waals surface area contributed by atoms with Gasteiger partial charge in [0.15, 0.2) is 0 Å². The van der Waals surface area contributed by atoms with Crippen LogP contribution in [0.4, 0.5) is 23.2 Å². The predicted molar refractivity (Wildman–Crippen MR) is 120 cm³/mol. The number of amides is 2. The Hall–Kier alpha value is -2.22. The lowest BCUT2D eigenvalue weighted by atomic mass is 10.0. The third-order valence-corrected chi connectivity index (χ3v) is 6.19. The molecule has 0 radical (unpaired) electrons. The van der Waals surface area contributed by atoms with Gasteiger partial charge >= 0.3 is 6.18 Å². The van der Waals surface area contributed by atoms with Gasteiger partial charge < -0.3 is 10.6 Å². The molecule has 0 spiro atoms. The summed E-state index contributed by atoms with van der Waals surface area (Å²) in [5, 5.41) is 4.73. The van der Waals surface area contributed by atoms with E-state index in [0.29, 0.717) is 15.7 Å². The lowest BCUT2D eigenvalue weighted by Crippen LogP contribution is -2.48. The van der Waals surface area contributed by atoms with Gasteiger partial charge in [-0.1, -0.05) is 6.07 Å². The number of benzene rings is 2. The molecule has 0 aliphatic heterocycles. The summed E-state index contributed by atoms with van der Waals surface area (Å²) < 4.78 is 76.0. The van der Waals surface area contributed by atoms with Crippen LogP contribution >= 0.6 is 22.6 Å². The van der Waals surface area contributed by atoms with Gasteiger partial charge in [0, 0.05) is 21.1 Å². The van der Waals surface area contributed by atoms with E-state index < -0.39 is 50.4 Å². The Morgan fingerprint density at radius 2 is 1.69 bits per heavy atom. The highest BCUT2D eigenvalue weighted by molar-refractivity contribution is 14.1. The third kappa shape index (κ3) is 7.15. The van der Waals surface area contributed by atoms with Crippen molar-refractivity contribution in [3.63, 3.8) is 0 Å². The maximum Gasteiger partial charge on any atom is 0.416 e. The first kappa shape index (κ1) is 26.0. The second-order valence-corrected chi connectivity index (χ2v) is 11.1. The van der Waals surface area contributed by atoms with Crippen molar-refractivity contribution in [1.29, 1.82) is 0 Å². The first-order chi connectivity index (χ1) is 14.5. The Kier molecular flexibility index (Phi) is 7.59. The molecule has 0 fully saturated rings. The van der Waals surface area contributed by atoms with Crippen LogP contribution in [0, 0.1) is 9.39 Å². The first-order valence-corrected chi connectivity index (χ1v) is 12.1. The number of sulfone groups is 1. The number of hydrogen-bond donors (Lipinski definition) is 2. The largest absolute Gasteiger partial charge is 0.416 e. The number of anilines is 1. The number of rotatable bonds is 6. The number of carbonyl (C=O) groups excluding carboxylic acids is 2. The fraction of sp³-hybridized carbons (Fsp3) is 0.300. The quantitative estimate of drug-likeness (QED) is 0.391. The van der Waals surface area contributed by atoms with E-state index in [-0.39, 0.29) is 16.9 Å². The molecule has 12 heteroatoms. The fourth-order valence-electron chi connectivity index (χ4n) is 3.03. The van der Waals surface area contributed by atoms with Crippen LogP contribution in [-0.4, -0.2) is 37.8 Å². The van der Waals surface area contributed by atoms with Gasteiger partial charge in [-0.2, -0.15) is 13.2 Å². The van der Waals surface area contributed by atoms with Crippen molar-refractivity contribution < 1.29 is 35.6 Å². The van der Waals surface area contributed by atoms with Gasteiger partial charge in [0.25, 0.3) is 11.8 Å². The summed E-state index contributed by atoms with van der Waals surface area (Å²) in [6, 6.07) is 5.85. The lowest BCUT2D eigenvalue weighted by Gasteiger charge is -2.26. The smallest absolute Gasteiger partial charge is 0.346 e. The number of carbonyl (C=O) groups is 2. The normalized spacial score (nSPS) is 12.4. The first-order valence-electron chi connectivity index (χ1n) is 8.96. The van der Waals surface area contributed by atoms with Crippen molar-refractivity contribution in [3.05, 3.63) is 62.5 Å². The average Bonchev–Trinajstić information content (AvgIpc) is 2.57. The average molecular weight is 586 g/mol. The molecule has 174 valence electrons. The highest BCUT2D eigenvalue weighted by Crippen LogP contribution is 2.32. The Labute approximate surface area is 195 Å². The maximum absolute atomic E-state index is 13.6. The Balaban J connectivity index is 2.38. The molecule has 6 nitrogen and oxygen atoms in total.